The summed E-state index contributed by atoms with van der Waals surface area (Å²) >= 11 is 1.44. The van der Waals surface area contributed by atoms with Crippen molar-refractivity contribution in [2.24, 2.45) is 0 Å². The first-order valence-electron chi connectivity index (χ1n) is 4.01. The second-order valence-electron chi connectivity index (χ2n) is 2.85. The Bertz CT molecular complexity index is 525. The highest BCUT2D eigenvalue weighted by Crippen LogP contribution is 2.32. The van der Waals surface area contributed by atoms with Gasteiger partial charge in [0.2, 0.25) is 0 Å². The average molecular weight is 204 g/mol. The smallest absolute Gasteiger partial charge is 0.143 e. The first-order chi connectivity index (χ1) is 6.74. The lowest BCUT2D eigenvalue weighted by Gasteiger charge is -2.02. The molecule has 4 heteroatoms. The first-order valence-corrected chi connectivity index (χ1v) is 4.83. The molecule has 0 saturated heterocycles. The molecule has 3 nitrogen and oxygen atoms in total. The highest BCUT2D eigenvalue weighted by Gasteiger charge is 2.05. The second kappa shape index (κ2) is 3.20. The average Bonchev–Trinajstić information content (AvgIpc) is 2.58. The standard InChI is InChI=1S/C10H8N2OS/c1-13-9-4-10-6(3-8(9)12)2-7(5-11)14-10/h2-4H,12H2,1H3. The summed E-state index contributed by atoms with van der Waals surface area (Å²) in [6.45, 7) is 0. The van der Waals surface area contributed by atoms with Crippen molar-refractivity contribution in [3.63, 3.8) is 0 Å². The molecule has 1 heterocycles. The van der Waals surface area contributed by atoms with Crippen LogP contribution in [0, 0.1) is 11.3 Å². The molecular weight excluding hydrogens is 196 g/mol. The molecule has 0 radical (unpaired) electrons. The maximum atomic E-state index is 8.73. The van der Waals surface area contributed by atoms with Crippen molar-refractivity contribution in [1.82, 2.24) is 0 Å². The van der Waals surface area contributed by atoms with Crippen molar-refractivity contribution in [3.05, 3.63) is 23.1 Å². The van der Waals surface area contributed by atoms with Crippen molar-refractivity contribution >= 4 is 27.1 Å². The van der Waals surface area contributed by atoms with Gasteiger partial charge in [0.1, 0.15) is 16.7 Å². The monoisotopic (exact) mass is 204 g/mol. The lowest BCUT2D eigenvalue weighted by atomic mass is 10.2. The fourth-order valence-electron chi connectivity index (χ4n) is 1.32. The van der Waals surface area contributed by atoms with Gasteiger partial charge in [0.05, 0.1) is 12.8 Å². The number of ether oxygens (including phenoxy) is 1. The van der Waals surface area contributed by atoms with Crippen LogP contribution in [0.5, 0.6) is 5.75 Å². The minimum atomic E-state index is 0.599. The Morgan fingerprint density at radius 1 is 1.43 bits per heavy atom. The van der Waals surface area contributed by atoms with Gasteiger partial charge in [-0.25, -0.2) is 0 Å². The molecule has 1 aromatic heterocycles. The molecule has 0 bridgehead atoms. The van der Waals surface area contributed by atoms with Crippen LogP contribution in [0.1, 0.15) is 4.88 Å². The van der Waals surface area contributed by atoms with E-state index in [1.54, 1.807) is 7.11 Å². The zero-order chi connectivity index (χ0) is 10.1. The third-order valence-corrected chi connectivity index (χ3v) is 2.98. The van der Waals surface area contributed by atoms with Gasteiger partial charge in [0.25, 0.3) is 0 Å². The number of anilines is 1. The Morgan fingerprint density at radius 2 is 2.21 bits per heavy atom. The van der Waals surface area contributed by atoms with E-state index in [-0.39, 0.29) is 0 Å². The van der Waals surface area contributed by atoms with E-state index in [2.05, 4.69) is 6.07 Å². The summed E-state index contributed by atoms with van der Waals surface area (Å²) in [4.78, 5) is 0.688. The fraction of sp³-hybridized carbons (Fsp3) is 0.100. The van der Waals surface area contributed by atoms with Crippen LogP contribution in [0.2, 0.25) is 0 Å². The molecule has 0 unspecified atom stereocenters. The normalized spacial score (nSPS) is 10.0. The number of nitriles is 1. The predicted octanol–water partition coefficient (Wildman–Crippen LogP) is 2.36. The van der Waals surface area contributed by atoms with Gasteiger partial charge in [-0.2, -0.15) is 5.26 Å². The summed E-state index contributed by atoms with van der Waals surface area (Å²) in [5, 5.41) is 9.72. The zero-order valence-corrected chi connectivity index (χ0v) is 8.39. The number of hydrogen-bond acceptors (Lipinski definition) is 4. The molecule has 2 rings (SSSR count). The number of nitrogen functional groups attached to an aromatic ring is 1. The van der Waals surface area contributed by atoms with Gasteiger partial charge in [0, 0.05) is 10.8 Å². The molecular formula is C10H8N2OS. The Balaban J connectivity index is 2.71. The summed E-state index contributed by atoms with van der Waals surface area (Å²) in [5.41, 5.74) is 6.34. The molecule has 0 fully saturated rings. The maximum Gasteiger partial charge on any atom is 0.143 e. The predicted molar refractivity (Wildman–Crippen MR) is 57.5 cm³/mol. The molecule has 0 aliphatic rings. The summed E-state index contributed by atoms with van der Waals surface area (Å²) in [6.07, 6.45) is 0. The number of methoxy groups -OCH3 is 1. The molecule has 0 aliphatic heterocycles. The summed E-state index contributed by atoms with van der Waals surface area (Å²) in [7, 11) is 1.58. The number of hydrogen-bond donors (Lipinski definition) is 1. The van der Waals surface area contributed by atoms with Gasteiger partial charge in [-0.15, -0.1) is 11.3 Å². The van der Waals surface area contributed by atoms with Gasteiger partial charge >= 0.3 is 0 Å². The van der Waals surface area contributed by atoms with Crippen LogP contribution >= 0.6 is 11.3 Å². The summed E-state index contributed by atoms with van der Waals surface area (Å²) in [6, 6.07) is 7.62. The van der Waals surface area contributed by atoms with Crippen LogP contribution in [-0.4, -0.2) is 7.11 Å². The third-order valence-electron chi connectivity index (χ3n) is 1.98. The number of rotatable bonds is 1. The molecule has 14 heavy (non-hydrogen) atoms. The van der Waals surface area contributed by atoms with Crippen LogP contribution in [-0.2, 0) is 0 Å². The Morgan fingerprint density at radius 3 is 2.86 bits per heavy atom. The lowest BCUT2D eigenvalue weighted by molar-refractivity contribution is 0.417. The molecule has 2 N–H and O–H groups in total. The van der Waals surface area contributed by atoms with E-state index in [0.717, 1.165) is 10.1 Å². The number of nitrogens with zero attached hydrogens (tertiary/aromatic N) is 1. The largest absolute Gasteiger partial charge is 0.495 e. The van der Waals surface area contributed by atoms with Gasteiger partial charge in [-0.1, -0.05) is 0 Å². The minimum Gasteiger partial charge on any atom is -0.495 e. The molecule has 0 spiro atoms. The number of nitrogens with two attached hydrogens (primary N) is 1. The van der Waals surface area contributed by atoms with E-state index in [4.69, 9.17) is 15.7 Å². The Kier molecular flexibility index (Phi) is 2.02. The van der Waals surface area contributed by atoms with Gasteiger partial charge in [0.15, 0.2) is 0 Å². The van der Waals surface area contributed by atoms with Crippen LogP contribution in [0.4, 0.5) is 5.69 Å². The fourth-order valence-corrected chi connectivity index (χ4v) is 2.19. The van der Waals surface area contributed by atoms with Crippen molar-refractivity contribution in [2.75, 3.05) is 12.8 Å². The summed E-state index contributed by atoms with van der Waals surface area (Å²) in [5.74, 6) is 0.656. The first kappa shape index (κ1) is 8.85. The Hall–Kier alpha value is -1.73. The number of fused-ring (bicyclic) bond motifs is 1. The molecule has 0 saturated carbocycles. The molecule has 0 aliphatic carbocycles. The van der Waals surface area contributed by atoms with Gasteiger partial charge < -0.3 is 10.5 Å². The Labute approximate surface area is 85.3 Å². The highest BCUT2D eigenvalue weighted by molar-refractivity contribution is 7.19. The van der Waals surface area contributed by atoms with E-state index in [0.29, 0.717) is 16.3 Å². The quantitative estimate of drug-likeness (QED) is 0.725. The lowest BCUT2D eigenvalue weighted by Crippen LogP contribution is -1.90. The molecule has 0 amide bonds. The third kappa shape index (κ3) is 1.28. The van der Waals surface area contributed by atoms with E-state index in [1.165, 1.54) is 11.3 Å². The van der Waals surface area contributed by atoms with Crippen molar-refractivity contribution in [2.45, 2.75) is 0 Å². The van der Waals surface area contributed by atoms with Gasteiger partial charge in [-0.3, -0.25) is 0 Å². The van der Waals surface area contributed by atoms with E-state index >= 15 is 0 Å². The molecule has 2 aromatic rings. The second-order valence-corrected chi connectivity index (χ2v) is 3.94. The molecule has 0 atom stereocenters. The number of thiophene rings is 1. The van der Waals surface area contributed by atoms with Crippen LogP contribution in [0.15, 0.2) is 18.2 Å². The van der Waals surface area contributed by atoms with Crippen molar-refractivity contribution in [1.29, 1.82) is 5.26 Å². The zero-order valence-electron chi connectivity index (χ0n) is 7.57. The number of benzene rings is 1. The van der Waals surface area contributed by atoms with E-state index < -0.39 is 0 Å². The van der Waals surface area contributed by atoms with Crippen LogP contribution in [0.25, 0.3) is 10.1 Å². The molecule has 70 valence electrons. The van der Waals surface area contributed by atoms with E-state index in [9.17, 15) is 0 Å². The summed E-state index contributed by atoms with van der Waals surface area (Å²) < 4.78 is 6.12. The van der Waals surface area contributed by atoms with Crippen molar-refractivity contribution < 1.29 is 4.74 Å². The van der Waals surface area contributed by atoms with Crippen molar-refractivity contribution in [3.8, 4) is 11.8 Å². The highest BCUT2D eigenvalue weighted by atomic mass is 32.1. The maximum absolute atomic E-state index is 8.73. The van der Waals surface area contributed by atoms with E-state index in [1.807, 2.05) is 18.2 Å². The topological polar surface area (TPSA) is 59.0 Å². The van der Waals surface area contributed by atoms with Gasteiger partial charge in [-0.05, 0) is 17.5 Å². The van der Waals surface area contributed by atoms with Crippen LogP contribution < -0.4 is 10.5 Å². The SMILES string of the molecule is COc1cc2sc(C#N)cc2cc1N. The van der Waals surface area contributed by atoms with Crippen LogP contribution in [0.3, 0.4) is 0 Å². The molecule has 1 aromatic carbocycles. The minimum absolute atomic E-state index is 0.599.